The molecule has 10 heteroatoms. The second-order valence-corrected chi connectivity index (χ2v) is 30.5. The fourth-order valence-corrected chi connectivity index (χ4v) is 13.7. The van der Waals surface area contributed by atoms with Gasteiger partial charge in [-0.2, -0.15) is 0 Å². The van der Waals surface area contributed by atoms with Gasteiger partial charge in [-0.05, 0) is 89.9 Å². The van der Waals surface area contributed by atoms with Crippen LogP contribution in [0, 0.1) is 0 Å². The van der Waals surface area contributed by atoms with Gasteiger partial charge in [0.2, 0.25) is 0 Å². The van der Waals surface area contributed by atoms with Crippen molar-refractivity contribution >= 4 is 19.8 Å². The van der Waals surface area contributed by atoms with Crippen molar-refractivity contribution in [3.05, 3.63) is 85.1 Å². The zero-order chi connectivity index (χ0) is 71.5. The van der Waals surface area contributed by atoms with Gasteiger partial charge in [-0.25, -0.2) is 4.57 Å². The fraction of sp³-hybridized carbons (Fsp3) is 0.820. The van der Waals surface area contributed by atoms with Crippen LogP contribution < -0.4 is 5.73 Å². The Morgan fingerprint density at radius 3 is 0.838 bits per heavy atom. The zero-order valence-corrected chi connectivity index (χ0v) is 66.4. The fourth-order valence-electron chi connectivity index (χ4n) is 12.9. The van der Waals surface area contributed by atoms with E-state index in [9.17, 15) is 19.0 Å². The molecule has 0 radical (unpaired) electrons. The predicted octanol–water partition coefficient (Wildman–Crippen LogP) is 29.2. The highest BCUT2D eigenvalue weighted by atomic mass is 31.2. The van der Waals surface area contributed by atoms with E-state index < -0.39 is 26.5 Å². The standard InChI is InChI=1S/C89H164NO8P/c1-3-5-7-9-11-13-15-17-19-21-23-25-27-29-31-33-35-37-39-41-42-43-44-46-47-49-51-53-55-57-59-61-63-65-67-69-71-73-75-77-79-81-88(91)95-85-87(86-97-99(93,94)96-84-83-90)98-89(92)82-80-78-76-74-72-70-68-66-64-62-60-58-56-54-52-50-48-45-40-38-36-34-32-30-28-26-24-22-20-18-16-14-12-10-8-6-4-2/h6,8,12,14,18,20-21,23-24,26,30,32,36,38,87H,3-5,7,9-11,13,15-17,19,22,25,27-29,31,33-35,37,39-86,90H2,1-2H3,(H,93,94)/b8-6-,14-12-,20-18-,23-21-,26-24-,32-30-,38-36-. The summed E-state index contributed by atoms with van der Waals surface area (Å²) >= 11 is 0. The molecule has 0 heterocycles. The number of hydrogen-bond acceptors (Lipinski definition) is 8. The van der Waals surface area contributed by atoms with E-state index >= 15 is 0 Å². The quantitative estimate of drug-likeness (QED) is 0.0264. The van der Waals surface area contributed by atoms with Crippen LogP contribution in [-0.2, 0) is 32.7 Å². The highest BCUT2D eigenvalue weighted by Gasteiger charge is 2.26. The van der Waals surface area contributed by atoms with Crippen LogP contribution in [0.3, 0.4) is 0 Å². The third kappa shape index (κ3) is 84.0. The van der Waals surface area contributed by atoms with E-state index in [-0.39, 0.29) is 38.6 Å². The van der Waals surface area contributed by atoms with Crippen molar-refractivity contribution in [1.82, 2.24) is 0 Å². The molecule has 2 atom stereocenters. The van der Waals surface area contributed by atoms with E-state index in [1.807, 2.05) is 0 Å². The lowest BCUT2D eigenvalue weighted by Crippen LogP contribution is -2.29. The first-order chi connectivity index (χ1) is 48.8. The summed E-state index contributed by atoms with van der Waals surface area (Å²) in [6, 6.07) is 0. The van der Waals surface area contributed by atoms with E-state index in [0.29, 0.717) is 6.42 Å². The number of rotatable bonds is 82. The summed E-state index contributed by atoms with van der Waals surface area (Å²) in [5.74, 6) is -0.806. The Morgan fingerprint density at radius 2 is 0.556 bits per heavy atom. The number of nitrogens with two attached hydrogens (primary N) is 1. The van der Waals surface area contributed by atoms with Gasteiger partial charge in [-0.1, -0.05) is 420 Å². The van der Waals surface area contributed by atoms with E-state index in [4.69, 9.17) is 24.3 Å². The molecule has 0 amide bonds. The molecule has 0 saturated heterocycles. The molecule has 0 fully saturated rings. The van der Waals surface area contributed by atoms with Crippen molar-refractivity contribution in [1.29, 1.82) is 0 Å². The molecular weight excluding hydrogens is 1240 g/mol. The Balaban J connectivity index is 3.73. The molecule has 2 unspecified atom stereocenters. The van der Waals surface area contributed by atoms with Gasteiger partial charge in [-0.3, -0.25) is 18.6 Å². The molecule has 0 spiro atoms. The molecule has 0 aliphatic rings. The van der Waals surface area contributed by atoms with Gasteiger partial charge in [0.15, 0.2) is 6.10 Å². The van der Waals surface area contributed by atoms with Crippen molar-refractivity contribution in [2.24, 2.45) is 5.73 Å². The SMILES string of the molecule is CC/C=C\C/C=C\C/C=C\C/C=C\C/C=C\C/C=C\CCCCCCCCCCCCCCCCCCCCC(=O)OC(COC(=O)CCCCCCCCCCCCCCCCCCCCCCCCCCCCCCC/C=C\CCCCCCCCCC)COP(=O)(O)OCCN. The third-order valence-corrected chi connectivity index (χ3v) is 20.2. The summed E-state index contributed by atoms with van der Waals surface area (Å²) in [7, 11) is -4.40. The number of hydrogen-bond donors (Lipinski definition) is 2. The molecule has 0 aliphatic carbocycles. The minimum Gasteiger partial charge on any atom is -0.462 e. The van der Waals surface area contributed by atoms with Gasteiger partial charge in [0, 0.05) is 19.4 Å². The third-order valence-electron chi connectivity index (χ3n) is 19.3. The Labute approximate surface area is 614 Å². The summed E-state index contributed by atoms with van der Waals surface area (Å²) in [5.41, 5.74) is 5.42. The van der Waals surface area contributed by atoms with Gasteiger partial charge in [0.1, 0.15) is 6.61 Å². The number of carbonyl (C=O) groups excluding carboxylic acids is 2. The van der Waals surface area contributed by atoms with Gasteiger partial charge in [-0.15, -0.1) is 0 Å². The van der Waals surface area contributed by atoms with E-state index in [1.165, 1.54) is 327 Å². The number of allylic oxidation sites excluding steroid dienone is 14. The Hall–Kier alpha value is -2.81. The number of unbranched alkanes of at least 4 members (excludes halogenated alkanes) is 55. The first-order valence-electron chi connectivity index (χ1n) is 43.1. The zero-order valence-electron chi connectivity index (χ0n) is 65.5. The van der Waals surface area contributed by atoms with Crippen LogP contribution in [0.5, 0.6) is 0 Å². The lowest BCUT2D eigenvalue weighted by Gasteiger charge is -2.19. The molecule has 3 N–H and O–H groups in total. The highest BCUT2D eigenvalue weighted by Crippen LogP contribution is 2.43. The number of esters is 2. The van der Waals surface area contributed by atoms with Crippen LogP contribution in [-0.4, -0.2) is 49.3 Å². The van der Waals surface area contributed by atoms with Gasteiger partial charge in [0.05, 0.1) is 13.2 Å². The largest absolute Gasteiger partial charge is 0.472 e. The van der Waals surface area contributed by atoms with Crippen LogP contribution in [0.4, 0.5) is 0 Å². The molecule has 0 aromatic rings. The maximum Gasteiger partial charge on any atom is 0.472 e. The molecule has 0 aliphatic heterocycles. The van der Waals surface area contributed by atoms with Crippen molar-refractivity contribution < 1.29 is 37.6 Å². The lowest BCUT2D eigenvalue weighted by molar-refractivity contribution is -0.161. The van der Waals surface area contributed by atoms with Crippen LogP contribution in [0.25, 0.3) is 0 Å². The Kier molecular flexibility index (Phi) is 81.7. The maximum absolute atomic E-state index is 12.8. The minimum atomic E-state index is -4.40. The molecule has 9 nitrogen and oxygen atoms in total. The monoisotopic (exact) mass is 1410 g/mol. The number of phosphoric acid groups is 1. The van der Waals surface area contributed by atoms with E-state index in [1.54, 1.807) is 0 Å². The van der Waals surface area contributed by atoms with Crippen LogP contribution in [0.15, 0.2) is 85.1 Å². The highest BCUT2D eigenvalue weighted by molar-refractivity contribution is 7.47. The molecular formula is C89H164NO8P. The van der Waals surface area contributed by atoms with Gasteiger partial charge in [0.25, 0.3) is 0 Å². The average molecular weight is 1410 g/mol. The van der Waals surface area contributed by atoms with Crippen molar-refractivity contribution in [2.45, 2.75) is 444 Å². The lowest BCUT2D eigenvalue weighted by atomic mass is 10.0. The molecule has 0 bridgehead atoms. The topological polar surface area (TPSA) is 134 Å². The number of ether oxygens (including phenoxy) is 2. The smallest absolute Gasteiger partial charge is 0.462 e. The number of carbonyl (C=O) groups is 2. The maximum atomic E-state index is 12.8. The summed E-state index contributed by atoms with van der Waals surface area (Å²) in [6.45, 7) is 3.70. The first kappa shape index (κ1) is 96.2. The Bertz CT molecular complexity index is 1910. The molecule has 0 saturated carbocycles. The van der Waals surface area contributed by atoms with E-state index in [0.717, 1.165) is 77.0 Å². The van der Waals surface area contributed by atoms with Crippen molar-refractivity contribution in [3.8, 4) is 0 Å². The minimum absolute atomic E-state index is 0.0541. The van der Waals surface area contributed by atoms with Crippen molar-refractivity contribution in [3.63, 3.8) is 0 Å². The summed E-state index contributed by atoms with van der Waals surface area (Å²) in [5, 5.41) is 0. The number of phosphoric ester groups is 1. The van der Waals surface area contributed by atoms with Crippen LogP contribution in [0.1, 0.15) is 438 Å². The second-order valence-electron chi connectivity index (χ2n) is 29.0. The van der Waals surface area contributed by atoms with E-state index in [2.05, 4.69) is 98.9 Å². The summed E-state index contributed by atoms with van der Waals surface area (Å²) in [4.78, 5) is 35.5. The summed E-state index contributed by atoms with van der Waals surface area (Å²) < 4.78 is 33.3. The second kappa shape index (κ2) is 84.1. The molecule has 0 aromatic carbocycles. The summed E-state index contributed by atoms with van der Waals surface area (Å²) in [6.07, 6.45) is 115. The van der Waals surface area contributed by atoms with Crippen LogP contribution in [0.2, 0.25) is 0 Å². The normalized spacial score (nSPS) is 13.2. The average Bonchev–Trinajstić information content (AvgIpc) is 1.64. The molecule has 99 heavy (non-hydrogen) atoms. The predicted molar refractivity (Wildman–Crippen MR) is 432 cm³/mol. The Morgan fingerprint density at radius 1 is 0.313 bits per heavy atom. The van der Waals surface area contributed by atoms with Gasteiger partial charge >= 0.3 is 19.8 Å². The molecule has 0 rings (SSSR count). The van der Waals surface area contributed by atoms with Crippen LogP contribution >= 0.6 is 7.82 Å². The van der Waals surface area contributed by atoms with Crippen molar-refractivity contribution in [2.75, 3.05) is 26.4 Å². The molecule has 0 aromatic heterocycles. The van der Waals surface area contributed by atoms with Gasteiger partial charge < -0.3 is 20.1 Å². The first-order valence-corrected chi connectivity index (χ1v) is 44.6. The molecule has 578 valence electrons.